The largest absolute Gasteiger partial charge is 0.494 e. The SMILES string of the molecule is Br.CCOc1cc2c(c(F)c1OCC)C(=N)N(CC(=O)c1cc(NCC#N)c(OC)c(C(C)(C)C)c1)C2. The molecule has 1 heterocycles. The van der Waals surface area contributed by atoms with Gasteiger partial charge in [-0.2, -0.15) is 5.26 Å². The smallest absolute Gasteiger partial charge is 0.197 e. The summed E-state index contributed by atoms with van der Waals surface area (Å²) in [7, 11) is 1.55. The number of ketones is 1. The second-order valence-electron chi connectivity index (χ2n) is 9.41. The van der Waals surface area contributed by atoms with Gasteiger partial charge < -0.3 is 24.4 Å². The molecule has 0 spiro atoms. The van der Waals surface area contributed by atoms with Crippen LogP contribution in [0.5, 0.6) is 17.2 Å². The normalized spacial score (nSPS) is 12.4. The summed E-state index contributed by atoms with van der Waals surface area (Å²) in [5, 5.41) is 20.6. The molecule has 1 aliphatic heterocycles. The maximum absolute atomic E-state index is 15.4. The number of amidine groups is 1. The van der Waals surface area contributed by atoms with E-state index < -0.39 is 5.82 Å². The lowest BCUT2D eigenvalue weighted by Crippen LogP contribution is -2.30. The third-order valence-electron chi connectivity index (χ3n) is 5.89. The molecular formula is C27H34BrFN4O4. The van der Waals surface area contributed by atoms with Crippen molar-refractivity contribution >= 4 is 34.3 Å². The highest BCUT2D eigenvalue weighted by Crippen LogP contribution is 2.40. The van der Waals surface area contributed by atoms with Crippen molar-refractivity contribution in [2.75, 3.05) is 38.7 Å². The predicted octanol–water partition coefficient (Wildman–Crippen LogP) is 5.47. The number of carbonyl (C=O) groups is 1. The minimum atomic E-state index is -0.653. The molecule has 2 aromatic carbocycles. The Hall–Kier alpha value is -3.32. The van der Waals surface area contributed by atoms with E-state index in [1.54, 1.807) is 39.2 Å². The molecule has 0 bridgehead atoms. The van der Waals surface area contributed by atoms with Gasteiger partial charge in [-0.05, 0) is 43.0 Å². The number of nitriles is 1. The van der Waals surface area contributed by atoms with Crippen molar-refractivity contribution in [3.05, 3.63) is 46.3 Å². The number of halogens is 2. The van der Waals surface area contributed by atoms with Crippen molar-refractivity contribution in [1.82, 2.24) is 4.90 Å². The monoisotopic (exact) mass is 576 g/mol. The standard InChI is InChI=1S/C27H33FN4O4.BrH/c1-7-35-21-13-17-14-32(26(30)22(17)23(28)25(21)36-8-2)15-20(33)16-11-18(27(3,4)5)24(34-6)19(12-16)31-10-9-29;/h11-13,30-31H,7-8,10,14-15H2,1-6H3;1H. The number of nitrogens with one attached hydrogen (secondary N) is 2. The fourth-order valence-corrected chi connectivity index (χ4v) is 4.26. The van der Waals surface area contributed by atoms with Crippen LogP contribution < -0.4 is 19.5 Å². The maximum Gasteiger partial charge on any atom is 0.197 e. The van der Waals surface area contributed by atoms with E-state index in [2.05, 4.69) is 5.32 Å². The zero-order valence-electron chi connectivity index (χ0n) is 22.1. The van der Waals surface area contributed by atoms with E-state index >= 15 is 4.39 Å². The summed E-state index contributed by atoms with van der Waals surface area (Å²) in [6.45, 7) is 10.3. The molecule has 2 N–H and O–H groups in total. The number of hydrogen-bond acceptors (Lipinski definition) is 7. The van der Waals surface area contributed by atoms with Crippen molar-refractivity contribution in [3.63, 3.8) is 0 Å². The minimum absolute atomic E-state index is 0. The van der Waals surface area contributed by atoms with E-state index in [1.165, 1.54) is 4.90 Å². The third kappa shape index (κ3) is 6.16. The first kappa shape index (κ1) is 29.9. The van der Waals surface area contributed by atoms with Gasteiger partial charge in [-0.1, -0.05) is 20.8 Å². The molecule has 10 heteroatoms. The summed E-state index contributed by atoms with van der Waals surface area (Å²) in [5.74, 6) is -0.128. The average molecular weight is 577 g/mol. The quantitative estimate of drug-likeness (QED) is 0.285. The molecule has 0 unspecified atom stereocenters. The van der Waals surface area contributed by atoms with Gasteiger partial charge in [-0.15, -0.1) is 17.0 Å². The summed E-state index contributed by atoms with van der Waals surface area (Å²) < 4.78 is 32.0. The van der Waals surface area contributed by atoms with Gasteiger partial charge in [-0.25, -0.2) is 4.39 Å². The van der Waals surface area contributed by atoms with Crippen LogP contribution in [0.15, 0.2) is 18.2 Å². The zero-order valence-corrected chi connectivity index (χ0v) is 23.8. The topological polar surface area (TPSA) is 108 Å². The molecule has 2 aromatic rings. The lowest BCUT2D eigenvalue weighted by Gasteiger charge is -2.25. The van der Waals surface area contributed by atoms with E-state index in [0.29, 0.717) is 29.2 Å². The van der Waals surface area contributed by atoms with Crippen LogP contribution >= 0.6 is 17.0 Å². The zero-order chi connectivity index (χ0) is 26.6. The third-order valence-corrected chi connectivity index (χ3v) is 5.89. The first-order chi connectivity index (χ1) is 17.1. The minimum Gasteiger partial charge on any atom is -0.494 e. The Morgan fingerprint density at radius 1 is 1.19 bits per heavy atom. The molecule has 0 atom stereocenters. The Kier molecular flexibility index (Phi) is 9.93. The molecule has 0 amide bonds. The van der Waals surface area contributed by atoms with Gasteiger partial charge in [-0.3, -0.25) is 10.2 Å². The number of benzene rings is 2. The van der Waals surface area contributed by atoms with Crippen LogP contribution in [0.25, 0.3) is 0 Å². The van der Waals surface area contributed by atoms with E-state index in [0.717, 1.165) is 5.56 Å². The number of anilines is 1. The van der Waals surface area contributed by atoms with Crippen LogP contribution in [0.4, 0.5) is 10.1 Å². The number of ether oxygens (including phenoxy) is 3. The highest BCUT2D eigenvalue weighted by molar-refractivity contribution is 8.93. The molecule has 200 valence electrons. The molecule has 8 nitrogen and oxygen atoms in total. The fourth-order valence-electron chi connectivity index (χ4n) is 4.26. The Labute approximate surface area is 228 Å². The lowest BCUT2D eigenvalue weighted by molar-refractivity contribution is 0.0962. The number of hydrogen-bond donors (Lipinski definition) is 2. The van der Waals surface area contributed by atoms with Crippen molar-refractivity contribution in [2.45, 2.75) is 46.6 Å². The van der Waals surface area contributed by atoms with Crippen LogP contribution in [-0.2, 0) is 12.0 Å². The molecule has 1 aliphatic rings. The molecule has 0 aliphatic carbocycles. The number of methoxy groups -OCH3 is 1. The fraction of sp³-hybridized carbons (Fsp3) is 0.444. The maximum atomic E-state index is 15.4. The molecule has 0 saturated carbocycles. The summed E-state index contributed by atoms with van der Waals surface area (Å²) in [6.07, 6.45) is 0. The van der Waals surface area contributed by atoms with Crippen LogP contribution in [0.3, 0.4) is 0 Å². The second kappa shape index (κ2) is 12.3. The van der Waals surface area contributed by atoms with Gasteiger partial charge in [0.15, 0.2) is 23.1 Å². The van der Waals surface area contributed by atoms with Crippen molar-refractivity contribution in [1.29, 1.82) is 10.7 Å². The Bertz CT molecular complexity index is 1220. The van der Waals surface area contributed by atoms with Crippen LogP contribution in [0, 0.1) is 22.6 Å². The van der Waals surface area contributed by atoms with Crippen LogP contribution in [0.1, 0.15) is 61.7 Å². The van der Waals surface area contributed by atoms with E-state index in [1.807, 2.05) is 26.8 Å². The number of carbonyl (C=O) groups excluding carboxylic acids is 1. The molecule has 0 saturated heterocycles. The van der Waals surface area contributed by atoms with Gasteiger partial charge in [0, 0.05) is 17.7 Å². The highest BCUT2D eigenvalue weighted by Gasteiger charge is 2.33. The average Bonchev–Trinajstić information content (AvgIpc) is 3.13. The molecule has 0 radical (unpaired) electrons. The molecule has 3 rings (SSSR count). The Morgan fingerprint density at radius 3 is 2.43 bits per heavy atom. The summed E-state index contributed by atoms with van der Waals surface area (Å²) in [6, 6.07) is 7.16. The molecular weight excluding hydrogens is 543 g/mol. The highest BCUT2D eigenvalue weighted by atomic mass is 79.9. The van der Waals surface area contributed by atoms with Crippen LogP contribution in [-0.4, -0.2) is 49.9 Å². The first-order valence-corrected chi connectivity index (χ1v) is 11.9. The van der Waals surface area contributed by atoms with E-state index in [9.17, 15) is 4.79 Å². The van der Waals surface area contributed by atoms with Gasteiger partial charge in [0.25, 0.3) is 0 Å². The molecule has 0 fully saturated rings. The van der Waals surface area contributed by atoms with Crippen molar-refractivity contribution < 1.29 is 23.4 Å². The molecule has 37 heavy (non-hydrogen) atoms. The number of nitrogens with zero attached hydrogens (tertiary/aromatic N) is 2. The number of Topliss-reactive ketones (excluding diaryl/α,β-unsaturated/α-hetero) is 1. The first-order valence-electron chi connectivity index (χ1n) is 11.9. The van der Waals surface area contributed by atoms with E-state index in [4.69, 9.17) is 24.9 Å². The van der Waals surface area contributed by atoms with Gasteiger partial charge >= 0.3 is 0 Å². The van der Waals surface area contributed by atoms with Gasteiger partial charge in [0.05, 0.1) is 44.2 Å². The van der Waals surface area contributed by atoms with Gasteiger partial charge in [0.1, 0.15) is 18.1 Å². The van der Waals surface area contributed by atoms with Crippen molar-refractivity contribution in [2.24, 2.45) is 0 Å². The van der Waals surface area contributed by atoms with Crippen molar-refractivity contribution in [3.8, 4) is 23.3 Å². The lowest BCUT2D eigenvalue weighted by atomic mass is 9.84. The number of fused-ring (bicyclic) bond motifs is 1. The predicted molar refractivity (Wildman–Crippen MR) is 146 cm³/mol. The summed E-state index contributed by atoms with van der Waals surface area (Å²) in [5.41, 5.74) is 2.12. The second-order valence-corrected chi connectivity index (χ2v) is 9.41. The van der Waals surface area contributed by atoms with E-state index in [-0.39, 0.29) is 77.3 Å². The summed E-state index contributed by atoms with van der Waals surface area (Å²) >= 11 is 0. The Balaban J connectivity index is 0.00000481. The molecule has 0 aromatic heterocycles. The summed E-state index contributed by atoms with van der Waals surface area (Å²) in [4.78, 5) is 14.9. The number of rotatable bonds is 10. The Morgan fingerprint density at radius 2 is 1.86 bits per heavy atom. The van der Waals surface area contributed by atoms with Gasteiger partial charge in [0.2, 0.25) is 0 Å². The van der Waals surface area contributed by atoms with Crippen LogP contribution in [0.2, 0.25) is 0 Å².